The number of carbonyl (C=O) groups is 3. The van der Waals surface area contributed by atoms with Crippen LogP contribution in [0, 0.1) is 0 Å². The maximum atomic E-state index is 12.9. The number of hydrogen-bond donors (Lipinski definition) is 0. The molecule has 0 saturated heterocycles. The molecular weight excluding hydrogens is 949 g/mol. The summed E-state index contributed by atoms with van der Waals surface area (Å²) < 4.78 is 16.9. The van der Waals surface area contributed by atoms with Gasteiger partial charge in [0, 0.05) is 19.3 Å². The average Bonchev–Trinajstić information content (AvgIpc) is 3.43. The van der Waals surface area contributed by atoms with Crippen molar-refractivity contribution in [1.29, 1.82) is 0 Å². The van der Waals surface area contributed by atoms with Gasteiger partial charge in [0.1, 0.15) is 13.2 Å². The quantitative estimate of drug-likeness (QED) is 0.0261. The van der Waals surface area contributed by atoms with Crippen molar-refractivity contribution in [2.45, 2.75) is 335 Å². The number of carbonyl (C=O) groups excluding carboxylic acids is 3. The molecule has 0 aromatic heterocycles. The van der Waals surface area contributed by atoms with E-state index in [1.165, 1.54) is 193 Å². The van der Waals surface area contributed by atoms with Crippen LogP contribution < -0.4 is 0 Å². The highest BCUT2D eigenvalue weighted by molar-refractivity contribution is 5.71. The Morgan fingerprint density at radius 2 is 0.519 bits per heavy atom. The number of allylic oxidation sites excluding steroid dienone is 14. The van der Waals surface area contributed by atoms with Crippen molar-refractivity contribution in [1.82, 2.24) is 0 Å². The molecule has 0 aromatic carbocycles. The van der Waals surface area contributed by atoms with Crippen molar-refractivity contribution >= 4 is 17.9 Å². The van der Waals surface area contributed by atoms with E-state index in [9.17, 15) is 14.4 Å². The molecule has 0 spiro atoms. The highest BCUT2D eigenvalue weighted by Crippen LogP contribution is 2.17. The number of unbranched alkanes of at least 4 members (excludes halogenated alkanes) is 35. The molecule has 77 heavy (non-hydrogen) atoms. The average molecular weight is 1070 g/mol. The molecule has 0 rings (SSSR count). The van der Waals surface area contributed by atoms with E-state index in [2.05, 4.69) is 106 Å². The largest absolute Gasteiger partial charge is 0.462 e. The van der Waals surface area contributed by atoms with E-state index in [0.717, 1.165) is 96.3 Å². The summed E-state index contributed by atoms with van der Waals surface area (Å²) in [4.78, 5) is 38.3. The summed E-state index contributed by atoms with van der Waals surface area (Å²) in [5.41, 5.74) is 0. The third kappa shape index (κ3) is 63.3. The van der Waals surface area contributed by atoms with Gasteiger partial charge in [-0.1, -0.05) is 286 Å². The standard InChI is InChI=1S/C71H124O6/c1-4-7-10-13-16-19-22-24-26-28-30-32-34-35-37-38-40-42-44-46-49-52-55-58-61-64-70(73)76-67-68(66-75-69(72)63-60-57-54-51-48-21-18-15-12-9-6-3)77-71(74)65-62-59-56-53-50-47-45-43-41-39-36-33-31-29-27-25-23-20-17-14-11-8-5-2/h7,10,15-16,18-19,23-26,29-32,68H,4-6,8-9,11-14,17,20-22,27-28,33-67H2,1-3H3/b10-7-,18-15-,19-16-,25-23-,26-24-,31-29-,32-30-. The fraction of sp³-hybridized carbons (Fsp3) is 0.761. The Labute approximate surface area is 477 Å². The Bertz CT molecular complexity index is 1470. The fourth-order valence-corrected chi connectivity index (χ4v) is 9.39. The monoisotopic (exact) mass is 1070 g/mol. The van der Waals surface area contributed by atoms with Gasteiger partial charge in [0.15, 0.2) is 6.10 Å². The summed E-state index contributed by atoms with van der Waals surface area (Å²) >= 11 is 0. The van der Waals surface area contributed by atoms with E-state index < -0.39 is 6.10 Å². The molecule has 6 nitrogen and oxygen atoms in total. The predicted octanol–water partition coefficient (Wildman–Crippen LogP) is 22.7. The number of ether oxygens (including phenoxy) is 3. The Morgan fingerprint density at radius 3 is 0.844 bits per heavy atom. The normalized spacial score (nSPS) is 12.6. The van der Waals surface area contributed by atoms with Crippen LogP contribution in [0.4, 0.5) is 0 Å². The van der Waals surface area contributed by atoms with E-state index >= 15 is 0 Å². The van der Waals surface area contributed by atoms with Gasteiger partial charge in [-0.2, -0.15) is 0 Å². The van der Waals surface area contributed by atoms with Crippen molar-refractivity contribution in [3.8, 4) is 0 Å². The Balaban J connectivity index is 4.25. The summed E-state index contributed by atoms with van der Waals surface area (Å²) in [5, 5.41) is 0. The SMILES string of the molecule is CC/C=C\C/C=C\C/C=C\C/C=C\CCCCCCCCCCCCCCC(=O)OCC(COC(=O)CCCCCCC/C=C\CCCC)OC(=O)CCCCCCCCCCCCC/C=C\C/C=C\CCCCCCC. The summed E-state index contributed by atoms with van der Waals surface area (Å²) in [7, 11) is 0. The Morgan fingerprint density at radius 1 is 0.273 bits per heavy atom. The number of hydrogen-bond acceptors (Lipinski definition) is 6. The molecule has 0 bridgehead atoms. The van der Waals surface area contributed by atoms with Crippen molar-refractivity contribution in [2.75, 3.05) is 13.2 Å². The van der Waals surface area contributed by atoms with Gasteiger partial charge in [0.25, 0.3) is 0 Å². The minimum Gasteiger partial charge on any atom is -0.462 e. The van der Waals surface area contributed by atoms with Crippen LogP contribution in [0.15, 0.2) is 85.1 Å². The number of esters is 3. The summed E-state index contributed by atoms with van der Waals surface area (Å²) in [5.74, 6) is -0.880. The first-order valence-corrected chi connectivity index (χ1v) is 33.1. The van der Waals surface area contributed by atoms with Gasteiger partial charge in [-0.25, -0.2) is 0 Å². The van der Waals surface area contributed by atoms with E-state index in [4.69, 9.17) is 14.2 Å². The first-order chi connectivity index (χ1) is 38.0. The summed E-state index contributed by atoms with van der Waals surface area (Å²) in [6.07, 6.45) is 86.0. The van der Waals surface area contributed by atoms with E-state index in [0.29, 0.717) is 19.3 Å². The van der Waals surface area contributed by atoms with Gasteiger partial charge in [-0.3, -0.25) is 14.4 Å². The van der Waals surface area contributed by atoms with Crippen molar-refractivity contribution in [3.05, 3.63) is 85.1 Å². The Kier molecular flexibility index (Phi) is 62.2. The molecule has 0 heterocycles. The van der Waals surface area contributed by atoms with Gasteiger partial charge < -0.3 is 14.2 Å². The maximum absolute atomic E-state index is 12.9. The minimum absolute atomic E-state index is 0.0791. The van der Waals surface area contributed by atoms with E-state index in [1.807, 2.05) is 0 Å². The number of rotatable bonds is 60. The van der Waals surface area contributed by atoms with Crippen molar-refractivity contribution in [3.63, 3.8) is 0 Å². The lowest BCUT2D eigenvalue weighted by Crippen LogP contribution is -2.30. The molecule has 1 atom stereocenters. The molecule has 0 aromatic rings. The fourth-order valence-electron chi connectivity index (χ4n) is 9.39. The lowest BCUT2D eigenvalue weighted by Gasteiger charge is -2.18. The third-order valence-corrected chi connectivity index (χ3v) is 14.4. The third-order valence-electron chi connectivity index (χ3n) is 14.4. The van der Waals surface area contributed by atoms with Crippen LogP contribution in [0.3, 0.4) is 0 Å². The molecule has 444 valence electrons. The molecule has 0 aliphatic rings. The summed E-state index contributed by atoms with van der Waals surface area (Å²) in [6, 6.07) is 0. The molecule has 0 aliphatic carbocycles. The van der Waals surface area contributed by atoms with Crippen LogP contribution in [-0.4, -0.2) is 37.2 Å². The van der Waals surface area contributed by atoms with Gasteiger partial charge in [-0.15, -0.1) is 0 Å². The minimum atomic E-state index is -0.782. The van der Waals surface area contributed by atoms with Crippen LogP contribution in [-0.2, 0) is 28.6 Å². The van der Waals surface area contributed by atoms with Crippen LogP contribution in [0.25, 0.3) is 0 Å². The zero-order valence-corrected chi connectivity index (χ0v) is 51.0. The zero-order chi connectivity index (χ0) is 55.7. The zero-order valence-electron chi connectivity index (χ0n) is 51.0. The highest BCUT2D eigenvalue weighted by Gasteiger charge is 2.19. The summed E-state index contributed by atoms with van der Waals surface area (Å²) in [6.45, 7) is 6.50. The molecule has 0 amide bonds. The molecule has 1 unspecified atom stereocenters. The lowest BCUT2D eigenvalue weighted by molar-refractivity contribution is -0.167. The lowest BCUT2D eigenvalue weighted by atomic mass is 10.0. The highest BCUT2D eigenvalue weighted by atomic mass is 16.6. The molecule has 0 radical (unpaired) electrons. The molecule has 0 N–H and O–H groups in total. The molecule has 0 saturated carbocycles. The topological polar surface area (TPSA) is 78.9 Å². The van der Waals surface area contributed by atoms with Gasteiger partial charge in [0.2, 0.25) is 0 Å². The van der Waals surface area contributed by atoms with Crippen molar-refractivity contribution < 1.29 is 28.6 Å². The predicted molar refractivity (Wildman–Crippen MR) is 334 cm³/mol. The molecule has 0 aliphatic heterocycles. The molecule has 6 heteroatoms. The van der Waals surface area contributed by atoms with Crippen molar-refractivity contribution in [2.24, 2.45) is 0 Å². The van der Waals surface area contributed by atoms with Gasteiger partial charge in [0.05, 0.1) is 0 Å². The van der Waals surface area contributed by atoms with Crippen LogP contribution >= 0.6 is 0 Å². The molecular formula is C71H124O6. The van der Waals surface area contributed by atoms with Gasteiger partial charge in [-0.05, 0) is 109 Å². The second kappa shape index (κ2) is 65.1. The van der Waals surface area contributed by atoms with E-state index in [1.54, 1.807) is 0 Å². The first kappa shape index (κ1) is 73.6. The second-order valence-electron chi connectivity index (χ2n) is 22.0. The Hall–Kier alpha value is -3.41. The van der Waals surface area contributed by atoms with Crippen LogP contribution in [0.2, 0.25) is 0 Å². The van der Waals surface area contributed by atoms with Crippen LogP contribution in [0.5, 0.6) is 0 Å². The molecule has 0 fully saturated rings. The second-order valence-corrected chi connectivity index (χ2v) is 22.0. The smallest absolute Gasteiger partial charge is 0.306 e. The van der Waals surface area contributed by atoms with Crippen LogP contribution in [0.1, 0.15) is 329 Å². The van der Waals surface area contributed by atoms with Gasteiger partial charge >= 0.3 is 17.9 Å². The maximum Gasteiger partial charge on any atom is 0.306 e. The van der Waals surface area contributed by atoms with E-state index in [-0.39, 0.29) is 31.1 Å². The first-order valence-electron chi connectivity index (χ1n) is 33.1.